The van der Waals surface area contributed by atoms with Crippen molar-refractivity contribution in [3.05, 3.63) is 57.3 Å². The molecule has 0 unspecified atom stereocenters. The fourth-order valence-corrected chi connectivity index (χ4v) is 3.70. The second kappa shape index (κ2) is 8.92. The molecular weight excluding hydrogens is 366 g/mol. The molecule has 1 aliphatic heterocycles. The molecule has 0 N–H and O–H groups in total. The highest BCUT2D eigenvalue weighted by atomic mass is 32.1. The number of hydrogen-bond acceptors (Lipinski definition) is 6. The molecule has 1 aromatic heterocycles. The van der Waals surface area contributed by atoms with Crippen LogP contribution in [0.4, 0.5) is 0 Å². The first-order valence-electron chi connectivity index (χ1n) is 8.75. The molecular formula is C20H21NO5S. The Morgan fingerprint density at radius 2 is 1.85 bits per heavy atom. The summed E-state index contributed by atoms with van der Waals surface area (Å²) in [6.45, 7) is 3.83. The van der Waals surface area contributed by atoms with Crippen LogP contribution in [-0.4, -0.2) is 55.5 Å². The van der Waals surface area contributed by atoms with Crippen LogP contribution in [0.25, 0.3) is 0 Å². The summed E-state index contributed by atoms with van der Waals surface area (Å²) in [5.41, 5.74) is 1.25. The van der Waals surface area contributed by atoms with Crippen molar-refractivity contribution in [1.29, 1.82) is 0 Å². The Balaban J connectivity index is 1.53. The number of esters is 1. The van der Waals surface area contributed by atoms with Crippen molar-refractivity contribution in [1.82, 2.24) is 4.90 Å². The first-order chi connectivity index (χ1) is 13.0. The van der Waals surface area contributed by atoms with Crippen LogP contribution in [0.2, 0.25) is 0 Å². The molecule has 1 saturated heterocycles. The lowest BCUT2D eigenvalue weighted by Crippen LogP contribution is -2.41. The van der Waals surface area contributed by atoms with Gasteiger partial charge in [-0.1, -0.05) is 18.2 Å². The minimum absolute atomic E-state index is 0.0325. The Morgan fingerprint density at radius 3 is 2.59 bits per heavy atom. The van der Waals surface area contributed by atoms with E-state index in [0.717, 1.165) is 10.4 Å². The van der Waals surface area contributed by atoms with Crippen LogP contribution in [0, 0.1) is 6.92 Å². The number of thiophene rings is 1. The van der Waals surface area contributed by atoms with Crippen molar-refractivity contribution in [2.75, 3.05) is 32.9 Å². The minimum atomic E-state index is -0.513. The lowest BCUT2D eigenvalue weighted by Gasteiger charge is -2.26. The van der Waals surface area contributed by atoms with Crippen molar-refractivity contribution in [2.45, 2.75) is 13.3 Å². The van der Waals surface area contributed by atoms with Gasteiger partial charge < -0.3 is 14.4 Å². The van der Waals surface area contributed by atoms with Crippen LogP contribution < -0.4 is 0 Å². The molecule has 2 aromatic rings. The van der Waals surface area contributed by atoms with Crippen molar-refractivity contribution >= 4 is 29.0 Å². The largest absolute Gasteiger partial charge is 0.454 e. The predicted octanol–water partition coefficient (Wildman–Crippen LogP) is 2.50. The number of hydrogen-bond donors (Lipinski definition) is 0. The summed E-state index contributed by atoms with van der Waals surface area (Å²) in [5, 5.41) is 0. The third kappa shape index (κ3) is 5.02. The first-order valence-corrected chi connectivity index (χ1v) is 9.56. The number of carbonyl (C=O) groups excluding carboxylic acids is 3. The van der Waals surface area contributed by atoms with Gasteiger partial charge in [0.2, 0.25) is 11.7 Å². The van der Waals surface area contributed by atoms with Crippen LogP contribution in [0.1, 0.15) is 30.5 Å². The SMILES string of the molecule is Cc1ccccc1C(=O)OCC(=O)c1ccc(CC(=O)N2CCOCC2)s1. The molecule has 1 fully saturated rings. The van der Waals surface area contributed by atoms with E-state index in [1.54, 1.807) is 29.2 Å². The standard InChI is InChI=1S/C20H21NO5S/c1-14-4-2-3-5-16(14)20(24)26-13-17(22)18-7-6-15(27-18)12-19(23)21-8-10-25-11-9-21/h2-7H,8-13H2,1H3. The lowest BCUT2D eigenvalue weighted by atomic mass is 10.1. The number of nitrogens with zero attached hydrogens (tertiary/aromatic N) is 1. The Hall–Kier alpha value is -2.51. The summed E-state index contributed by atoms with van der Waals surface area (Å²) in [6, 6.07) is 10.5. The quantitative estimate of drug-likeness (QED) is 0.562. The third-order valence-electron chi connectivity index (χ3n) is 4.33. The third-order valence-corrected chi connectivity index (χ3v) is 5.45. The molecule has 3 rings (SSSR count). The Labute approximate surface area is 161 Å². The second-order valence-electron chi connectivity index (χ2n) is 6.25. The Bertz CT molecular complexity index is 838. The summed E-state index contributed by atoms with van der Waals surface area (Å²) in [4.78, 5) is 39.7. The number of carbonyl (C=O) groups is 3. The monoisotopic (exact) mass is 387 g/mol. The Kier molecular flexibility index (Phi) is 6.36. The molecule has 1 aliphatic rings. The van der Waals surface area contributed by atoms with Gasteiger partial charge in [-0.2, -0.15) is 0 Å². The van der Waals surface area contributed by atoms with E-state index in [4.69, 9.17) is 9.47 Å². The van der Waals surface area contributed by atoms with Crippen molar-refractivity contribution in [3.63, 3.8) is 0 Å². The van der Waals surface area contributed by atoms with Gasteiger partial charge in [-0.3, -0.25) is 9.59 Å². The number of ketones is 1. The maximum Gasteiger partial charge on any atom is 0.338 e. The fraction of sp³-hybridized carbons (Fsp3) is 0.350. The average Bonchev–Trinajstić information content (AvgIpc) is 3.15. The molecule has 2 heterocycles. The van der Waals surface area contributed by atoms with E-state index >= 15 is 0 Å². The van der Waals surface area contributed by atoms with Crippen molar-refractivity contribution < 1.29 is 23.9 Å². The van der Waals surface area contributed by atoms with Crippen LogP contribution in [0.15, 0.2) is 36.4 Å². The average molecular weight is 387 g/mol. The van der Waals surface area contributed by atoms with E-state index < -0.39 is 5.97 Å². The first kappa shape index (κ1) is 19.3. The highest BCUT2D eigenvalue weighted by Crippen LogP contribution is 2.19. The normalized spacial score (nSPS) is 14.0. The topological polar surface area (TPSA) is 72.9 Å². The van der Waals surface area contributed by atoms with E-state index in [2.05, 4.69) is 0 Å². The summed E-state index contributed by atoms with van der Waals surface area (Å²) < 4.78 is 10.4. The molecule has 0 bridgehead atoms. The van der Waals surface area contributed by atoms with Gasteiger partial charge in [0, 0.05) is 18.0 Å². The molecule has 0 radical (unpaired) electrons. The summed E-state index contributed by atoms with van der Waals surface area (Å²) in [6.07, 6.45) is 0.265. The zero-order chi connectivity index (χ0) is 19.2. The van der Waals surface area contributed by atoms with Crippen LogP contribution in [0.5, 0.6) is 0 Å². The van der Waals surface area contributed by atoms with E-state index in [1.807, 2.05) is 19.1 Å². The number of rotatable bonds is 6. The minimum Gasteiger partial charge on any atom is -0.454 e. The van der Waals surface area contributed by atoms with Gasteiger partial charge in [-0.15, -0.1) is 11.3 Å². The highest BCUT2D eigenvalue weighted by Gasteiger charge is 2.19. The maximum atomic E-state index is 12.3. The maximum absolute atomic E-state index is 12.3. The van der Waals surface area contributed by atoms with Crippen LogP contribution in [0.3, 0.4) is 0 Å². The van der Waals surface area contributed by atoms with E-state index in [0.29, 0.717) is 36.7 Å². The van der Waals surface area contributed by atoms with E-state index in [1.165, 1.54) is 11.3 Å². The predicted molar refractivity (Wildman–Crippen MR) is 101 cm³/mol. The fourth-order valence-electron chi connectivity index (χ4n) is 2.78. The van der Waals surface area contributed by atoms with E-state index in [9.17, 15) is 14.4 Å². The molecule has 0 saturated carbocycles. The molecule has 1 aromatic carbocycles. The van der Waals surface area contributed by atoms with E-state index in [-0.39, 0.29) is 24.7 Å². The van der Waals surface area contributed by atoms with Crippen molar-refractivity contribution in [3.8, 4) is 0 Å². The highest BCUT2D eigenvalue weighted by molar-refractivity contribution is 7.14. The number of ether oxygens (including phenoxy) is 2. The summed E-state index contributed by atoms with van der Waals surface area (Å²) in [5.74, 6) is -0.752. The molecule has 1 amide bonds. The van der Waals surface area contributed by atoms with Crippen molar-refractivity contribution in [2.24, 2.45) is 0 Å². The number of amides is 1. The van der Waals surface area contributed by atoms with Gasteiger partial charge in [-0.25, -0.2) is 4.79 Å². The van der Waals surface area contributed by atoms with Gasteiger partial charge >= 0.3 is 5.97 Å². The molecule has 0 spiro atoms. The zero-order valence-electron chi connectivity index (χ0n) is 15.1. The molecule has 7 heteroatoms. The van der Waals surface area contributed by atoms with Gasteiger partial charge in [0.05, 0.1) is 30.1 Å². The molecule has 142 valence electrons. The number of benzene rings is 1. The molecule has 0 atom stereocenters. The van der Waals surface area contributed by atoms with Crippen LogP contribution in [-0.2, 0) is 20.7 Å². The molecule has 6 nitrogen and oxygen atoms in total. The summed E-state index contributed by atoms with van der Waals surface area (Å²) >= 11 is 1.26. The van der Waals surface area contributed by atoms with Gasteiger partial charge in [0.25, 0.3) is 0 Å². The second-order valence-corrected chi connectivity index (χ2v) is 7.42. The number of aryl methyl sites for hydroxylation is 1. The van der Waals surface area contributed by atoms with Crippen LogP contribution >= 0.6 is 11.3 Å². The van der Waals surface area contributed by atoms with Gasteiger partial charge in [0.1, 0.15) is 0 Å². The van der Waals surface area contributed by atoms with Gasteiger partial charge in [-0.05, 0) is 30.7 Å². The zero-order valence-corrected chi connectivity index (χ0v) is 15.9. The molecule has 0 aliphatic carbocycles. The number of Topliss-reactive ketones (excluding diaryl/α,β-unsaturated/α-hetero) is 1. The Morgan fingerprint density at radius 1 is 1.11 bits per heavy atom. The lowest BCUT2D eigenvalue weighted by molar-refractivity contribution is -0.134. The smallest absolute Gasteiger partial charge is 0.338 e. The summed E-state index contributed by atoms with van der Waals surface area (Å²) in [7, 11) is 0. The molecule has 27 heavy (non-hydrogen) atoms. The number of morpholine rings is 1. The van der Waals surface area contributed by atoms with Gasteiger partial charge in [0.15, 0.2) is 6.61 Å².